The van der Waals surface area contributed by atoms with Gasteiger partial charge in [-0.15, -0.1) is 24.0 Å². The Bertz CT molecular complexity index is 408. The number of hydrogen-bond donors (Lipinski definition) is 2. The number of amides is 1. The van der Waals surface area contributed by atoms with Gasteiger partial charge < -0.3 is 15.5 Å². The van der Waals surface area contributed by atoms with Crippen molar-refractivity contribution < 1.29 is 4.79 Å². The highest BCUT2D eigenvalue weighted by molar-refractivity contribution is 14.0. The van der Waals surface area contributed by atoms with Crippen LogP contribution in [0.2, 0.25) is 0 Å². The molecule has 6 heteroatoms. The Labute approximate surface area is 164 Å². The van der Waals surface area contributed by atoms with E-state index in [2.05, 4.69) is 22.5 Å². The van der Waals surface area contributed by atoms with Gasteiger partial charge in [0.2, 0.25) is 5.91 Å². The number of nitrogens with one attached hydrogen (secondary N) is 2. The third kappa shape index (κ3) is 7.57. The highest BCUT2D eigenvalue weighted by Crippen LogP contribution is 2.23. The number of hydrogen-bond acceptors (Lipinski definition) is 2. The normalized spacial score (nSPS) is 25.5. The second kappa shape index (κ2) is 11.2. The maximum Gasteiger partial charge on any atom is 0.243 e. The topological polar surface area (TPSA) is 56.7 Å². The lowest BCUT2D eigenvalue weighted by molar-refractivity contribution is -0.127. The van der Waals surface area contributed by atoms with Crippen molar-refractivity contribution in [1.29, 1.82) is 0 Å². The van der Waals surface area contributed by atoms with E-state index in [0.29, 0.717) is 12.1 Å². The molecule has 0 radical (unpaired) electrons. The van der Waals surface area contributed by atoms with Gasteiger partial charge in [0.1, 0.15) is 6.54 Å². The molecule has 1 amide bonds. The standard InChI is InChI=1S/C18H34N4O.HI/c1-14-8-7-11-16(12-14)21-18(19-13-17(23)22(2)3)20-15-9-5-4-6-10-15;/h14-16H,4-13H2,1-3H3,(H2,19,20,21);1H. The van der Waals surface area contributed by atoms with Crippen molar-refractivity contribution in [2.75, 3.05) is 20.6 Å². The molecule has 0 aliphatic heterocycles. The number of carbonyl (C=O) groups excluding carboxylic acids is 1. The van der Waals surface area contributed by atoms with Crippen molar-refractivity contribution in [2.24, 2.45) is 10.9 Å². The first kappa shape index (κ1) is 21.5. The maximum atomic E-state index is 11.8. The lowest BCUT2D eigenvalue weighted by Gasteiger charge is -2.31. The van der Waals surface area contributed by atoms with Crippen molar-refractivity contribution >= 4 is 35.8 Å². The second-order valence-corrected chi connectivity index (χ2v) is 7.55. The van der Waals surface area contributed by atoms with Gasteiger partial charge in [0, 0.05) is 26.2 Å². The van der Waals surface area contributed by atoms with Gasteiger partial charge in [-0.1, -0.05) is 39.0 Å². The predicted octanol–water partition coefficient (Wildman–Crippen LogP) is 3.14. The maximum absolute atomic E-state index is 11.8. The number of rotatable bonds is 4. The first-order valence-electron chi connectivity index (χ1n) is 9.32. The molecule has 0 spiro atoms. The van der Waals surface area contributed by atoms with Crippen molar-refractivity contribution in [1.82, 2.24) is 15.5 Å². The lowest BCUT2D eigenvalue weighted by Crippen LogP contribution is -2.49. The van der Waals surface area contributed by atoms with Crippen molar-refractivity contribution in [3.05, 3.63) is 0 Å². The zero-order valence-electron chi connectivity index (χ0n) is 15.5. The number of carbonyl (C=O) groups is 1. The van der Waals surface area contributed by atoms with E-state index >= 15 is 0 Å². The molecule has 5 nitrogen and oxygen atoms in total. The summed E-state index contributed by atoms with van der Waals surface area (Å²) in [7, 11) is 3.56. The molecule has 2 aliphatic rings. The summed E-state index contributed by atoms with van der Waals surface area (Å²) in [6.45, 7) is 2.55. The minimum Gasteiger partial charge on any atom is -0.354 e. The van der Waals surface area contributed by atoms with E-state index in [1.54, 1.807) is 19.0 Å². The van der Waals surface area contributed by atoms with E-state index in [0.717, 1.165) is 11.9 Å². The lowest BCUT2D eigenvalue weighted by atomic mass is 9.87. The number of likely N-dealkylation sites (N-methyl/N-ethyl adjacent to an activating group) is 1. The van der Waals surface area contributed by atoms with Crippen LogP contribution >= 0.6 is 24.0 Å². The van der Waals surface area contributed by atoms with Crippen LogP contribution in [0.1, 0.15) is 64.7 Å². The quantitative estimate of drug-likeness (QED) is 0.393. The molecular weight excluding hydrogens is 415 g/mol. The highest BCUT2D eigenvalue weighted by Gasteiger charge is 2.21. The van der Waals surface area contributed by atoms with Gasteiger partial charge in [0.15, 0.2) is 5.96 Å². The van der Waals surface area contributed by atoms with Gasteiger partial charge in [-0.3, -0.25) is 4.79 Å². The molecule has 2 aliphatic carbocycles. The summed E-state index contributed by atoms with van der Waals surface area (Å²) < 4.78 is 0. The monoisotopic (exact) mass is 450 g/mol. The van der Waals surface area contributed by atoms with Gasteiger partial charge in [0.25, 0.3) is 0 Å². The number of nitrogens with zero attached hydrogens (tertiary/aromatic N) is 2. The van der Waals surface area contributed by atoms with Gasteiger partial charge in [-0.05, 0) is 31.6 Å². The third-order valence-corrected chi connectivity index (χ3v) is 5.09. The van der Waals surface area contributed by atoms with Gasteiger partial charge in [-0.2, -0.15) is 0 Å². The molecule has 140 valence electrons. The van der Waals surface area contributed by atoms with Crippen LogP contribution in [0.4, 0.5) is 0 Å². The van der Waals surface area contributed by atoms with Crippen LogP contribution in [-0.4, -0.2) is 49.5 Å². The molecule has 0 aromatic carbocycles. The summed E-state index contributed by atoms with van der Waals surface area (Å²) in [6, 6.07) is 0.994. The van der Waals surface area contributed by atoms with Crippen molar-refractivity contribution in [3.8, 4) is 0 Å². The van der Waals surface area contributed by atoms with Crippen molar-refractivity contribution in [3.63, 3.8) is 0 Å². The first-order valence-corrected chi connectivity index (χ1v) is 9.32. The molecule has 2 atom stereocenters. The minimum absolute atomic E-state index is 0. The van der Waals surface area contributed by atoms with Crippen LogP contribution in [0, 0.1) is 5.92 Å². The van der Waals surface area contributed by atoms with E-state index in [9.17, 15) is 4.79 Å². The largest absolute Gasteiger partial charge is 0.354 e. The van der Waals surface area contributed by atoms with Crippen LogP contribution in [-0.2, 0) is 4.79 Å². The summed E-state index contributed by atoms with van der Waals surface area (Å²) in [6.07, 6.45) is 11.4. The number of halogens is 1. The molecule has 2 N–H and O–H groups in total. The van der Waals surface area contributed by atoms with Gasteiger partial charge in [0.05, 0.1) is 0 Å². The fourth-order valence-electron chi connectivity index (χ4n) is 3.62. The van der Waals surface area contributed by atoms with Crippen LogP contribution in [0.25, 0.3) is 0 Å². The summed E-state index contributed by atoms with van der Waals surface area (Å²) in [5, 5.41) is 7.18. The van der Waals surface area contributed by atoms with Crippen molar-refractivity contribution in [2.45, 2.75) is 76.8 Å². The number of aliphatic imine (C=N–C) groups is 1. The first-order chi connectivity index (χ1) is 11.0. The zero-order valence-corrected chi connectivity index (χ0v) is 17.8. The summed E-state index contributed by atoms with van der Waals surface area (Å²) >= 11 is 0. The molecule has 0 heterocycles. The molecule has 0 aromatic heterocycles. The summed E-state index contributed by atoms with van der Waals surface area (Å²) in [4.78, 5) is 18.0. The van der Waals surface area contributed by atoms with E-state index in [1.807, 2.05) is 0 Å². The van der Waals surface area contributed by atoms with Crippen LogP contribution in [0.5, 0.6) is 0 Å². The summed E-state index contributed by atoms with van der Waals surface area (Å²) in [5.41, 5.74) is 0. The van der Waals surface area contributed by atoms with E-state index in [1.165, 1.54) is 57.8 Å². The Morgan fingerprint density at radius 3 is 2.25 bits per heavy atom. The SMILES string of the molecule is CC1CCCC(NC(=NCC(=O)N(C)C)NC2CCCCC2)C1.I. The van der Waals surface area contributed by atoms with Crippen LogP contribution in [0.3, 0.4) is 0 Å². The molecule has 0 bridgehead atoms. The molecule has 2 fully saturated rings. The van der Waals surface area contributed by atoms with Gasteiger partial charge >= 0.3 is 0 Å². The van der Waals surface area contributed by atoms with Gasteiger partial charge in [-0.25, -0.2) is 4.99 Å². The Balaban J connectivity index is 0.00000288. The van der Waals surface area contributed by atoms with E-state index in [4.69, 9.17) is 0 Å². The predicted molar refractivity (Wildman–Crippen MR) is 111 cm³/mol. The Kier molecular flexibility index (Phi) is 10.0. The fourth-order valence-corrected chi connectivity index (χ4v) is 3.62. The summed E-state index contributed by atoms with van der Waals surface area (Å²) in [5.74, 6) is 1.67. The van der Waals surface area contributed by atoms with E-state index < -0.39 is 0 Å². The zero-order chi connectivity index (χ0) is 16.7. The highest BCUT2D eigenvalue weighted by atomic mass is 127. The Hall–Kier alpha value is -0.530. The Morgan fingerprint density at radius 1 is 1.00 bits per heavy atom. The Morgan fingerprint density at radius 2 is 1.62 bits per heavy atom. The molecule has 2 rings (SSSR count). The van der Waals surface area contributed by atoms with Crippen LogP contribution in [0.15, 0.2) is 4.99 Å². The second-order valence-electron chi connectivity index (χ2n) is 7.55. The molecule has 0 saturated heterocycles. The molecule has 2 saturated carbocycles. The average Bonchev–Trinajstić information content (AvgIpc) is 2.53. The molecule has 2 unspecified atom stereocenters. The smallest absolute Gasteiger partial charge is 0.243 e. The van der Waals surface area contributed by atoms with E-state index in [-0.39, 0.29) is 36.4 Å². The molecule has 24 heavy (non-hydrogen) atoms. The fraction of sp³-hybridized carbons (Fsp3) is 0.889. The van der Waals surface area contributed by atoms with Crippen LogP contribution < -0.4 is 10.6 Å². The third-order valence-electron chi connectivity index (χ3n) is 5.09. The molecular formula is C18H35IN4O. The molecule has 0 aromatic rings. The minimum atomic E-state index is 0. The number of guanidine groups is 1. The average molecular weight is 450 g/mol.